The fourth-order valence-electron chi connectivity index (χ4n) is 4.87. The Morgan fingerprint density at radius 3 is 2.33 bits per heavy atom. The quantitative estimate of drug-likeness (QED) is 0.277. The molecule has 43 heavy (non-hydrogen) atoms. The molecule has 230 valence electrons. The first kappa shape index (κ1) is 32.4. The summed E-state index contributed by atoms with van der Waals surface area (Å²) in [4.78, 5) is 28.8. The average Bonchev–Trinajstić information content (AvgIpc) is 2.98. The molecule has 9 nitrogen and oxygen atoms in total. The Morgan fingerprint density at radius 2 is 1.65 bits per heavy atom. The number of benzene rings is 3. The van der Waals surface area contributed by atoms with Crippen molar-refractivity contribution in [1.29, 1.82) is 0 Å². The zero-order chi connectivity index (χ0) is 31.0. The number of carbonyl (C=O) groups is 2. The number of anilines is 1. The Balaban J connectivity index is 1.57. The van der Waals surface area contributed by atoms with Crippen LogP contribution in [0.2, 0.25) is 10.0 Å². The minimum absolute atomic E-state index is 0.00257. The number of fused-ring (bicyclic) bond motifs is 1. The number of likely N-dealkylation sites (N-methyl/N-ethyl adjacent to an activating group) is 1. The molecule has 4 rings (SSSR count). The summed E-state index contributed by atoms with van der Waals surface area (Å²) in [6.45, 7) is 3.18. The van der Waals surface area contributed by atoms with Gasteiger partial charge >= 0.3 is 0 Å². The van der Waals surface area contributed by atoms with Crippen molar-refractivity contribution in [3.05, 3.63) is 87.9 Å². The van der Waals surface area contributed by atoms with Gasteiger partial charge < -0.3 is 19.7 Å². The van der Waals surface area contributed by atoms with Gasteiger partial charge in [0.05, 0.1) is 22.0 Å². The Labute approximate surface area is 262 Å². The molecule has 1 aliphatic heterocycles. The number of hydrogen-bond donors (Lipinski definition) is 1. The monoisotopic (exact) mass is 647 g/mol. The van der Waals surface area contributed by atoms with E-state index in [1.54, 1.807) is 36.4 Å². The highest BCUT2D eigenvalue weighted by Crippen LogP contribution is 2.35. The van der Waals surface area contributed by atoms with Crippen molar-refractivity contribution in [2.24, 2.45) is 0 Å². The molecule has 12 heteroatoms. The van der Waals surface area contributed by atoms with Crippen LogP contribution in [0.3, 0.4) is 0 Å². The number of carbonyl (C=O) groups excluding carboxylic acids is 2. The number of rotatable bonds is 13. The van der Waals surface area contributed by atoms with Gasteiger partial charge in [-0.1, -0.05) is 59.6 Å². The predicted octanol–water partition coefficient (Wildman–Crippen LogP) is 5.09. The molecule has 0 unspecified atom stereocenters. The largest absolute Gasteiger partial charge is 0.486 e. The molecule has 1 heterocycles. The van der Waals surface area contributed by atoms with Crippen LogP contribution >= 0.6 is 23.2 Å². The Hall–Kier alpha value is -3.47. The van der Waals surface area contributed by atoms with Crippen molar-refractivity contribution < 1.29 is 27.5 Å². The first-order chi connectivity index (χ1) is 20.6. The van der Waals surface area contributed by atoms with Gasteiger partial charge in [-0.05, 0) is 48.7 Å². The van der Waals surface area contributed by atoms with Crippen LogP contribution in [0.15, 0.2) is 66.7 Å². The summed E-state index contributed by atoms with van der Waals surface area (Å²) in [6, 6.07) is 18.7. The van der Waals surface area contributed by atoms with Gasteiger partial charge in [0.1, 0.15) is 19.3 Å². The van der Waals surface area contributed by atoms with E-state index in [1.807, 2.05) is 37.3 Å². The van der Waals surface area contributed by atoms with Gasteiger partial charge in [0.2, 0.25) is 21.8 Å². The van der Waals surface area contributed by atoms with Crippen LogP contribution in [-0.4, -0.2) is 63.7 Å². The summed E-state index contributed by atoms with van der Waals surface area (Å²) >= 11 is 12.4. The summed E-state index contributed by atoms with van der Waals surface area (Å²) in [5.74, 6) is 0.432. The van der Waals surface area contributed by atoms with E-state index in [-0.39, 0.29) is 37.7 Å². The second-order valence-corrected chi connectivity index (χ2v) is 12.9. The first-order valence-corrected chi connectivity index (χ1v) is 16.6. The van der Waals surface area contributed by atoms with Crippen molar-refractivity contribution in [1.82, 2.24) is 10.2 Å². The van der Waals surface area contributed by atoms with Gasteiger partial charge in [0.15, 0.2) is 11.5 Å². The molecule has 0 spiro atoms. The Morgan fingerprint density at radius 1 is 0.930 bits per heavy atom. The van der Waals surface area contributed by atoms with Crippen LogP contribution in [0.4, 0.5) is 5.69 Å². The molecule has 1 atom stereocenters. The molecule has 0 bridgehead atoms. The molecule has 0 fully saturated rings. The fourth-order valence-corrected chi connectivity index (χ4v) is 6.15. The fraction of sp³-hybridized carbons (Fsp3) is 0.355. The number of nitrogens with zero attached hydrogens (tertiary/aromatic N) is 2. The Kier molecular flexibility index (Phi) is 11.2. The predicted molar refractivity (Wildman–Crippen MR) is 168 cm³/mol. The third-order valence-corrected chi connectivity index (χ3v) is 8.86. The lowest BCUT2D eigenvalue weighted by molar-refractivity contribution is -0.141. The van der Waals surface area contributed by atoms with Crippen LogP contribution in [0.1, 0.15) is 30.9 Å². The number of hydrogen-bond acceptors (Lipinski definition) is 6. The van der Waals surface area contributed by atoms with E-state index in [4.69, 9.17) is 32.7 Å². The normalized spacial score (nSPS) is 13.2. The minimum atomic E-state index is -3.68. The number of ether oxygens (including phenoxy) is 2. The van der Waals surface area contributed by atoms with Gasteiger partial charge in [0.25, 0.3) is 0 Å². The molecule has 0 saturated carbocycles. The zero-order valence-electron chi connectivity index (χ0n) is 24.1. The van der Waals surface area contributed by atoms with Gasteiger partial charge in [-0.25, -0.2) is 8.42 Å². The van der Waals surface area contributed by atoms with Gasteiger partial charge in [-0.15, -0.1) is 0 Å². The topological polar surface area (TPSA) is 105 Å². The summed E-state index contributed by atoms with van der Waals surface area (Å²) in [5.41, 5.74) is 2.02. The van der Waals surface area contributed by atoms with E-state index in [2.05, 4.69) is 5.32 Å². The third kappa shape index (κ3) is 8.78. The lowest BCUT2D eigenvalue weighted by Gasteiger charge is -2.32. The number of nitrogens with one attached hydrogen (secondary N) is 1. The molecule has 3 aromatic carbocycles. The number of halogens is 2. The smallest absolute Gasteiger partial charge is 0.243 e. The van der Waals surface area contributed by atoms with Crippen LogP contribution in [0, 0.1) is 0 Å². The van der Waals surface area contributed by atoms with Gasteiger partial charge in [-0.3, -0.25) is 13.9 Å². The van der Waals surface area contributed by atoms with E-state index < -0.39 is 16.1 Å². The summed E-state index contributed by atoms with van der Waals surface area (Å²) in [6.07, 6.45) is 1.63. The summed E-state index contributed by atoms with van der Waals surface area (Å²) in [5, 5.41) is 3.58. The molecule has 3 aromatic rings. The summed E-state index contributed by atoms with van der Waals surface area (Å²) in [7, 11) is -3.68. The van der Waals surface area contributed by atoms with Crippen molar-refractivity contribution in [3.63, 3.8) is 0 Å². The maximum atomic E-state index is 13.9. The zero-order valence-corrected chi connectivity index (χ0v) is 26.4. The SMILES string of the molecule is CCNC(=O)[C@H](Cc1ccccc1)N(Cc1ccc(Cl)c(Cl)c1)C(=O)CCCN(c1ccc2c(c1)OCCO2)S(C)(=O)=O. The van der Waals surface area contributed by atoms with Crippen molar-refractivity contribution >= 4 is 50.7 Å². The lowest BCUT2D eigenvalue weighted by atomic mass is 10.0. The highest BCUT2D eigenvalue weighted by molar-refractivity contribution is 7.92. The molecular formula is C31H35Cl2N3O6S. The van der Waals surface area contributed by atoms with E-state index in [9.17, 15) is 18.0 Å². The van der Waals surface area contributed by atoms with Crippen LogP contribution in [-0.2, 0) is 32.6 Å². The van der Waals surface area contributed by atoms with Crippen LogP contribution in [0.25, 0.3) is 0 Å². The second-order valence-electron chi connectivity index (χ2n) is 10.1. The highest BCUT2D eigenvalue weighted by atomic mass is 35.5. The van der Waals surface area contributed by atoms with E-state index in [0.29, 0.717) is 59.0 Å². The maximum absolute atomic E-state index is 13.9. The van der Waals surface area contributed by atoms with Crippen molar-refractivity contribution in [2.45, 2.75) is 38.8 Å². The van der Waals surface area contributed by atoms with E-state index >= 15 is 0 Å². The summed E-state index contributed by atoms with van der Waals surface area (Å²) < 4.78 is 38.0. The third-order valence-electron chi connectivity index (χ3n) is 6.92. The number of sulfonamides is 1. The van der Waals surface area contributed by atoms with E-state index in [1.165, 1.54) is 9.21 Å². The molecule has 1 N–H and O–H groups in total. The molecule has 0 radical (unpaired) electrons. The molecule has 1 aliphatic rings. The van der Waals surface area contributed by atoms with Crippen LogP contribution in [0.5, 0.6) is 11.5 Å². The maximum Gasteiger partial charge on any atom is 0.243 e. The standard InChI is InChI=1S/C31H35Cl2N3O6S/c1-3-34-31(38)27(19-22-8-5-4-6-9-22)35(21-23-11-13-25(32)26(33)18-23)30(37)10-7-15-36(43(2,39)40)24-12-14-28-29(20-24)42-17-16-41-28/h4-6,8-9,11-14,18,20,27H,3,7,10,15-17,19,21H2,1-2H3,(H,34,38)/t27-/m0/s1. The molecule has 0 aliphatic carbocycles. The molecular weight excluding hydrogens is 613 g/mol. The van der Waals surface area contributed by atoms with Crippen LogP contribution < -0.4 is 19.1 Å². The minimum Gasteiger partial charge on any atom is -0.486 e. The van der Waals surface area contributed by atoms with Gasteiger partial charge in [0, 0.05) is 38.5 Å². The second kappa shape index (κ2) is 14.8. The molecule has 0 aromatic heterocycles. The molecule has 2 amide bonds. The highest BCUT2D eigenvalue weighted by Gasteiger charge is 2.30. The van der Waals surface area contributed by atoms with Crippen molar-refractivity contribution in [2.75, 3.05) is 36.9 Å². The average molecular weight is 649 g/mol. The molecule has 0 saturated heterocycles. The lowest BCUT2D eigenvalue weighted by Crippen LogP contribution is -2.50. The first-order valence-electron chi connectivity index (χ1n) is 14.0. The Bertz CT molecular complexity index is 1540. The van der Waals surface area contributed by atoms with Gasteiger partial charge in [-0.2, -0.15) is 0 Å². The number of amides is 2. The van der Waals surface area contributed by atoms with Crippen molar-refractivity contribution in [3.8, 4) is 11.5 Å². The van der Waals surface area contributed by atoms with E-state index in [0.717, 1.165) is 11.8 Å².